The number of hydrogen-bond acceptors (Lipinski definition) is 7. The number of anilines is 2. The highest BCUT2D eigenvalue weighted by atomic mass is 16.2. The summed E-state index contributed by atoms with van der Waals surface area (Å²) in [6.45, 7) is 5.58. The molecule has 3 aromatic rings. The molecule has 1 fully saturated rings. The molecule has 2 N–H and O–H groups in total. The van der Waals surface area contributed by atoms with Crippen molar-refractivity contribution in [1.82, 2.24) is 24.4 Å². The monoisotopic (exact) mass is 488 g/mol. The van der Waals surface area contributed by atoms with Crippen molar-refractivity contribution in [2.75, 3.05) is 37.0 Å². The fourth-order valence-corrected chi connectivity index (χ4v) is 4.54. The van der Waals surface area contributed by atoms with Crippen LogP contribution in [0.15, 0.2) is 24.3 Å². The zero-order valence-corrected chi connectivity index (χ0v) is 21.2. The number of aromatic nitrogens is 4. The summed E-state index contributed by atoms with van der Waals surface area (Å²) in [5, 5.41) is 0.980. The van der Waals surface area contributed by atoms with E-state index in [0.29, 0.717) is 30.6 Å². The Labute approximate surface area is 211 Å². The van der Waals surface area contributed by atoms with Crippen LogP contribution in [0.4, 0.5) is 16.6 Å². The molecule has 2 amide bonds. The lowest BCUT2D eigenvalue weighted by molar-refractivity contribution is 0.111. The lowest BCUT2D eigenvalue weighted by Crippen LogP contribution is -2.44. The van der Waals surface area contributed by atoms with Gasteiger partial charge >= 0.3 is 6.03 Å². The molecular formula is C26H32N8O2. The normalized spacial score (nSPS) is 15.4. The molecule has 0 radical (unpaired) electrons. The Bertz CT molecular complexity index is 1340. The number of para-hydroxylation sites is 1. The van der Waals surface area contributed by atoms with Crippen molar-refractivity contribution < 1.29 is 9.59 Å². The van der Waals surface area contributed by atoms with Crippen LogP contribution in [0.2, 0.25) is 0 Å². The van der Waals surface area contributed by atoms with Gasteiger partial charge in [0.25, 0.3) is 0 Å². The maximum absolute atomic E-state index is 13.4. The number of nitrogens with zero attached hydrogens (tertiary/aromatic N) is 7. The van der Waals surface area contributed by atoms with Gasteiger partial charge in [-0.15, -0.1) is 5.92 Å². The first kappa shape index (κ1) is 25.1. The molecule has 10 nitrogen and oxygen atoms in total. The van der Waals surface area contributed by atoms with E-state index in [-0.39, 0.29) is 24.4 Å². The summed E-state index contributed by atoms with van der Waals surface area (Å²) in [6.07, 6.45) is 2.60. The zero-order valence-electron chi connectivity index (χ0n) is 21.2. The summed E-state index contributed by atoms with van der Waals surface area (Å²) in [5.41, 5.74) is 8.18. The minimum Gasteiger partial charge on any atom is -0.341 e. The van der Waals surface area contributed by atoms with Crippen molar-refractivity contribution in [2.45, 2.75) is 45.8 Å². The number of fused-ring (bicyclic) bond motifs is 1. The largest absolute Gasteiger partial charge is 0.341 e. The number of nitrogens with two attached hydrogens (primary N) is 1. The molecule has 0 aliphatic carbocycles. The second kappa shape index (κ2) is 10.7. The summed E-state index contributed by atoms with van der Waals surface area (Å²) >= 11 is 0. The second-order valence-electron chi connectivity index (χ2n) is 9.04. The number of amides is 2. The van der Waals surface area contributed by atoms with Crippen LogP contribution in [-0.4, -0.2) is 70.0 Å². The molecule has 3 heterocycles. The Morgan fingerprint density at radius 2 is 2.03 bits per heavy atom. The number of rotatable bonds is 6. The summed E-state index contributed by atoms with van der Waals surface area (Å²) < 4.78 is 1.76. The predicted molar refractivity (Wildman–Crippen MR) is 140 cm³/mol. The molecule has 0 bridgehead atoms. The van der Waals surface area contributed by atoms with E-state index in [2.05, 4.69) is 26.7 Å². The molecular weight excluding hydrogens is 456 g/mol. The average Bonchev–Trinajstić information content (AvgIpc) is 3.25. The Morgan fingerprint density at radius 3 is 2.75 bits per heavy atom. The quantitative estimate of drug-likeness (QED) is 0.419. The van der Waals surface area contributed by atoms with Crippen molar-refractivity contribution in [3.05, 3.63) is 41.5 Å². The van der Waals surface area contributed by atoms with Gasteiger partial charge in [-0.05, 0) is 32.8 Å². The highest BCUT2D eigenvalue weighted by molar-refractivity contribution is 5.95. The zero-order chi connectivity index (χ0) is 25.8. The second-order valence-corrected chi connectivity index (χ2v) is 9.04. The van der Waals surface area contributed by atoms with Gasteiger partial charge in [-0.3, -0.25) is 14.3 Å². The van der Waals surface area contributed by atoms with E-state index < -0.39 is 0 Å². The number of carbonyl (C=O) groups is 2. The maximum Gasteiger partial charge on any atom is 0.325 e. The van der Waals surface area contributed by atoms with Gasteiger partial charge in [0.1, 0.15) is 11.5 Å². The van der Waals surface area contributed by atoms with Crippen molar-refractivity contribution in [3.8, 4) is 11.8 Å². The summed E-state index contributed by atoms with van der Waals surface area (Å²) in [4.78, 5) is 44.5. The Morgan fingerprint density at radius 1 is 1.25 bits per heavy atom. The molecule has 0 saturated carbocycles. The first-order valence-corrected chi connectivity index (χ1v) is 12.0. The average molecular weight is 489 g/mol. The van der Waals surface area contributed by atoms with E-state index in [9.17, 15) is 9.59 Å². The first-order chi connectivity index (χ1) is 17.3. The Kier molecular flexibility index (Phi) is 7.50. The van der Waals surface area contributed by atoms with Crippen molar-refractivity contribution in [1.29, 1.82) is 0 Å². The smallest absolute Gasteiger partial charge is 0.325 e. The predicted octanol–water partition coefficient (Wildman–Crippen LogP) is 2.59. The molecule has 1 saturated heterocycles. The fourth-order valence-electron chi connectivity index (χ4n) is 4.54. The maximum atomic E-state index is 13.4. The van der Waals surface area contributed by atoms with Crippen LogP contribution in [-0.2, 0) is 13.1 Å². The van der Waals surface area contributed by atoms with Crippen LogP contribution < -0.4 is 15.5 Å². The van der Waals surface area contributed by atoms with Gasteiger partial charge in [0.05, 0.1) is 18.6 Å². The molecule has 4 rings (SSSR count). The Balaban J connectivity index is 1.62. The number of aldehydes is 1. The minimum absolute atomic E-state index is 0.0280. The number of aryl methyl sites for hydroxylation is 1. The van der Waals surface area contributed by atoms with Gasteiger partial charge in [0, 0.05) is 44.3 Å². The third kappa shape index (κ3) is 5.02. The SMILES string of the molecule is CC#CCn1c(N2CCC[C@@H](N)C2)nc(N(C)C(=O)N(C)Cc2nc(C)c3ccccc3n2)c1C=O. The lowest BCUT2D eigenvalue weighted by Gasteiger charge is -2.31. The van der Waals surface area contributed by atoms with Crippen LogP contribution >= 0.6 is 0 Å². The van der Waals surface area contributed by atoms with Crippen LogP contribution in [0.3, 0.4) is 0 Å². The van der Waals surface area contributed by atoms with Gasteiger partial charge in [-0.25, -0.2) is 14.8 Å². The van der Waals surface area contributed by atoms with Crippen LogP contribution in [0.5, 0.6) is 0 Å². The Hall–Kier alpha value is -3.97. The van der Waals surface area contributed by atoms with Gasteiger partial charge in [-0.1, -0.05) is 24.1 Å². The van der Waals surface area contributed by atoms with Crippen LogP contribution in [0, 0.1) is 18.8 Å². The molecule has 1 aliphatic rings. The molecule has 1 atom stereocenters. The fraction of sp³-hybridized carbons (Fsp3) is 0.423. The number of benzene rings is 1. The number of carbonyl (C=O) groups excluding carboxylic acids is 2. The highest BCUT2D eigenvalue weighted by Gasteiger charge is 2.29. The molecule has 36 heavy (non-hydrogen) atoms. The molecule has 1 aromatic carbocycles. The minimum atomic E-state index is -0.333. The number of piperidine rings is 1. The molecule has 2 aromatic heterocycles. The van der Waals surface area contributed by atoms with Crippen molar-refractivity contribution >= 4 is 35.0 Å². The number of imidazole rings is 1. The van der Waals surface area contributed by atoms with E-state index in [1.54, 1.807) is 25.6 Å². The van der Waals surface area contributed by atoms with Gasteiger partial charge in [0.2, 0.25) is 5.95 Å². The molecule has 1 aliphatic heterocycles. The molecule has 188 valence electrons. The van der Waals surface area contributed by atoms with E-state index in [1.807, 2.05) is 31.2 Å². The lowest BCUT2D eigenvalue weighted by atomic mass is 10.1. The van der Waals surface area contributed by atoms with E-state index in [0.717, 1.165) is 42.3 Å². The first-order valence-electron chi connectivity index (χ1n) is 12.0. The van der Waals surface area contributed by atoms with Crippen molar-refractivity contribution in [3.63, 3.8) is 0 Å². The standard InChI is InChI=1S/C26H32N8O2/c1-5-6-14-34-22(17-35)24(30-25(34)33-13-9-10-19(27)15-33)32(4)26(36)31(3)16-23-28-18(2)20-11-7-8-12-21(20)29-23/h7-8,11-12,17,19H,9-10,13-16,27H2,1-4H3/t19-/m1/s1. The van der Waals surface area contributed by atoms with Crippen LogP contribution in [0.25, 0.3) is 10.9 Å². The third-order valence-corrected chi connectivity index (χ3v) is 6.38. The summed E-state index contributed by atoms with van der Waals surface area (Å²) in [6, 6.07) is 7.47. The molecule has 10 heteroatoms. The number of urea groups is 1. The van der Waals surface area contributed by atoms with E-state index in [4.69, 9.17) is 10.7 Å². The summed E-state index contributed by atoms with van der Waals surface area (Å²) in [7, 11) is 3.29. The van der Waals surface area contributed by atoms with E-state index >= 15 is 0 Å². The highest BCUT2D eigenvalue weighted by Crippen LogP contribution is 2.28. The third-order valence-electron chi connectivity index (χ3n) is 6.38. The topological polar surface area (TPSA) is 113 Å². The molecule has 0 unspecified atom stereocenters. The number of hydrogen-bond donors (Lipinski definition) is 1. The van der Waals surface area contributed by atoms with E-state index in [1.165, 1.54) is 9.80 Å². The van der Waals surface area contributed by atoms with Gasteiger partial charge < -0.3 is 15.5 Å². The summed E-state index contributed by atoms with van der Waals surface area (Å²) in [5.74, 6) is 7.30. The molecule has 0 spiro atoms. The van der Waals surface area contributed by atoms with Crippen molar-refractivity contribution in [2.24, 2.45) is 5.73 Å². The van der Waals surface area contributed by atoms with Gasteiger partial charge in [0.15, 0.2) is 12.1 Å². The van der Waals surface area contributed by atoms with Gasteiger partial charge in [-0.2, -0.15) is 4.98 Å². The van der Waals surface area contributed by atoms with Crippen LogP contribution in [0.1, 0.15) is 41.8 Å².